The van der Waals surface area contributed by atoms with Crippen LogP contribution in [-0.2, 0) is 0 Å². The van der Waals surface area contributed by atoms with E-state index in [4.69, 9.17) is 4.74 Å². The van der Waals surface area contributed by atoms with Crippen LogP contribution in [-0.4, -0.2) is 22.9 Å². The molecule has 17 heavy (non-hydrogen) atoms. The zero-order valence-corrected chi connectivity index (χ0v) is 10.5. The number of carbonyl (C=O) groups excluding carboxylic acids is 1. The molecule has 0 saturated carbocycles. The lowest BCUT2D eigenvalue weighted by Crippen LogP contribution is -1.96. The van der Waals surface area contributed by atoms with Crippen molar-refractivity contribution in [3.05, 3.63) is 29.3 Å². The van der Waals surface area contributed by atoms with E-state index in [0.29, 0.717) is 22.2 Å². The van der Waals surface area contributed by atoms with Gasteiger partial charge in [-0.25, -0.2) is 0 Å². The SMILES string of the molecule is CCC(=O)c1sc(-c2ccccn2)nc1OC. The molecule has 0 N–H and O–H groups in total. The molecule has 2 heterocycles. The Hall–Kier alpha value is -1.75. The molecule has 0 unspecified atom stereocenters. The highest BCUT2D eigenvalue weighted by Gasteiger charge is 2.18. The Morgan fingerprint density at radius 2 is 2.29 bits per heavy atom. The van der Waals surface area contributed by atoms with Crippen LogP contribution in [0.5, 0.6) is 5.88 Å². The Kier molecular flexibility index (Phi) is 3.49. The zero-order valence-electron chi connectivity index (χ0n) is 9.64. The van der Waals surface area contributed by atoms with E-state index in [1.807, 2.05) is 25.1 Å². The standard InChI is InChI=1S/C12H12N2O2S/c1-3-9(15)10-11(16-2)14-12(17-10)8-6-4-5-7-13-8/h4-7H,3H2,1-2H3. The molecule has 0 spiro atoms. The van der Waals surface area contributed by atoms with Gasteiger partial charge in [-0.05, 0) is 12.1 Å². The molecule has 0 fully saturated rings. The number of ketones is 1. The van der Waals surface area contributed by atoms with E-state index < -0.39 is 0 Å². The van der Waals surface area contributed by atoms with Crippen molar-refractivity contribution in [3.63, 3.8) is 0 Å². The van der Waals surface area contributed by atoms with Gasteiger partial charge in [-0.15, -0.1) is 11.3 Å². The molecule has 0 saturated heterocycles. The number of hydrogen-bond donors (Lipinski definition) is 0. The number of hydrogen-bond acceptors (Lipinski definition) is 5. The molecule has 88 valence electrons. The Balaban J connectivity index is 2.45. The van der Waals surface area contributed by atoms with Crippen LogP contribution in [0.2, 0.25) is 0 Å². The lowest BCUT2D eigenvalue weighted by atomic mass is 10.3. The van der Waals surface area contributed by atoms with Gasteiger partial charge in [0.2, 0.25) is 5.88 Å². The third kappa shape index (κ3) is 2.34. The lowest BCUT2D eigenvalue weighted by Gasteiger charge is -1.95. The molecule has 2 aromatic rings. The topological polar surface area (TPSA) is 52.1 Å². The average Bonchev–Trinajstić information content (AvgIpc) is 2.83. The predicted molar refractivity (Wildman–Crippen MR) is 66.5 cm³/mol. The summed E-state index contributed by atoms with van der Waals surface area (Å²) in [5.74, 6) is 0.434. The Labute approximate surface area is 103 Å². The van der Waals surface area contributed by atoms with Crippen molar-refractivity contribution in [2.24, 2.45) is 0 Å². The summed E-state index contributed by atoms with van der Waals surface area (Å²) in [4.78, 5) is 20.8. The van der Waals surface area contributed by atoms with Crippen LogP contribution >= 0.6 is 11.3 Å². The summed E-state index contributed by atoms with van der Waals surface area (Å²) in [5, 5.41) is 0.708. The zero-order chi connectivity index (χ0) is 12.3. The molecule has 0 aromatic carbocycles. The van der Waals surface area contributed by atoms with E-state index in [2.05, 4.69) is 9.97 Å². The number of pyridine rings is 1. The molecular weight excluding hydrogens is 236 g/mol. The van der Waals surface area contributed by atoms with Crippen LogP contribution < -0.4 is 4.74 Å². The smallest absolute Gasteiger partial charge is 0.236 e. The van der Waals surface area contributed by atoms with Crippen molar-refractivity contribution in [2.45, 2.75) is 13.3 Å². The summed E-state index contributed by atoms with van der Waals surface area (Å²) in [6.07, 6.45) is 2.14. The first-order chi connectivity index (χ1) is 8.26. The minimum absolute atomic E-state index is 0.0431. The first-order valence-corrected chi connectivity index (χ1v) is 6.07. The second-order valence-corrected chi connectivity index (χ2v) is 4.35. The third-order valence-corrected chi connectivity index (χ3v) is 3.35. The van der Waals surface area contributed by atoms with Crippen LogP contribution in [0, 0.1) is 0 Å². The molecule has 0 aliphatic heterocycles. The summed E-state index contributed by atoms with van der Waals surface area (Å²) < 4.78 is 5.12. The van der Waals surface area contributed by atoms with Gasteiger partial charge in [-0.1, -0.05) is 13.0 Å². The largest absolute Gasteiger partial charge is 0.480 e. The Morgan fingerprint density at radius 3 is 2.88 bits per heavy atom. The van der Waals surface area contributed by atoms with E-state index in [-0.39, 0.29) is 5.78 Å². The van der Waals surface area contributed by atoms with Crippen molar-refractivity contribution >= 4 is 17.1 Å². The van der Waals surface area contributed by atoms with Crippen LogP contribution in [0.3, 0.4) is 0 Å². The normalized spacial score (nSPS) is 10.2. The Bertz CT molecular complexity index is 523. The maximum Gasteiger partial charge on any atom is 0.236 e. The summed E-state index contributed by atoms with van der Waals surface area (Å²) in [6.45, 7) is 1.82. The molecule has 4 nitrogen and oxygen atoms in total. The molecule has 0 amide bonds. The highest BCUT2D eigenvalue weighted by atomic mass is 32.1. The summed E-state index contributed by atoms with van der Waals surface area (Å²) in [7, 11) is 1.52. The van der Waals surface area contributed by atoms with E-state index in [1.165, 1.54) is 18.4 Å². The maximum absolute atomic E-state index is 11.7. The fourth-order valence-corrected chi connectivity index (χ4v) is 2.40. The summed E-state index contributed by atoms with van der Waals surface area (Å²) in [6, 6.07) is 5.59. The molecule has 0 aliphatic rings. The first-order valence-electron chi connectivity index (χ1n) is 5.25. The number of thiazole rings is 1. The predicted octanol–water partition coefficient (Wildman–Crippen LogP) is 2.81. The number of nitrogens with zero attached hydrogens (tertiary/aromatic N) is 2. The second-order valence-electron chi connectivity index (χ2n) is 3.35. The molecule has 2 rings (SSSR count). The highest BCUT2D eigenvalue weighted by Crippen LogP contribution is 2.32. The van der Waals surface area contributed by atoms with E-state index in [0.717, 1.165) is 5.69 Å². The van der Waals surface area contributed by atoms with Gasteiger partial charge in [0.15, 0.2) is 5.78 Å². The van der Waals surface area contributed by atoms with Gasteiger partial charge in [0.1, 0.15) is 9.88 Å². The quantitative estimate of drug-likeness (QED) is 0.781. The molecular formula is C12H12N2O2S. The van der Waals surface area contributed by atoms with Crippen LogP contribution in [0.15, 0.2) is 24.4 Å². The fourth-order valence-electron chi connectivity index (χ4n) is 1.38. The summed E-state index contributed by atoms with van der Waals surface area (Å²) in [5.41, 5.74) is 0.756. The average molecular weight is 248 g/mol. The van der Waals surface area contributed by atoms with Gasteiger partial charge in [-0.2, -0.15) is 4.98 Å². The maximum atomic E-state index is 11.7. The van der Waals surface area contributed by atoms with Crippen molar-refractivity contribution in [1.82, 2.24) is 9.97 Å². The number of aromatic nitrogens is 2. The minimum Gasteiger partial charge on any atom is -0.480 e. The molecule has 0 atom stereocenters. The number of methoxy groups -OCH3 is 1. The highest BCUT2D eigenvalue weighted by molar-refractivity contribution is 7.17. The van der Waals surface area contributed by atoms with Crippen LogP contribution in [0.4, 0.5) is 0 Å². The van der Waals surface area contributed by atoms with Gasteiger partial charge < -0.3 is 4.74 Å². The fraction of sp³-hybridized carbons (Fsp3) is 0.250. The number of ether oxygens (including phenoxy) is 1. The minimum atomic E-state index is 0.0431. The number of rotatable bonds is 4. The lowest BCUT2D eigenvalue weighted by molar-refractivity contribution is 0.0989. The van der Waals surface area contributed by atoms with Crippen LogP contribution in [0.25, 0.3) is 10.7 Å². The van der Waals surface area contributed by atoms with Gasteiger partial charge >= 0.3 is 0 Å². The second kappa shape index (κ2) is 5.05. The van der Waals surface area contributed by atoms with Crippen molar-refractivity contribution in [3.8, 4) is 16.6 Å². The van der Waals surface area contributed by atoms with Gasteiger partial charge in [-0.3, -0.25) is 9.78 Å². The van der Waals surface area contributed by atoms with Crippen molar-refractivity contribution in [1.29, 1.82) is 0 Å². The van der Waals surface area contributed by atoms with E-state index >= 15 is 0 Å². The van der Waals surface area contributed by atoms with E-state index in [9.17, 15) is 4.79 Å². The monoisotopic (exact) mass is 248 g/mol. The van der Waals surface area contributed by atoms with Crippen molar-refractivity contribution in [2.75, 3.05) is 7.11 Å². The van der Waals surface area contributed by atoms with E-state index in [1.54, 1.807) is 6.20 Å². The van der Waals surface area contributed by atoms with Gasteiger partial charge in [0.25, 0.3) is 0 Å². The molecule has 0 aliphatic carbocycles. The van der Waals surface area contributed by atoms with Crippen molar-refractivity contribution < 1.29 is 9.53 Å². The summed E-state index contributed by atoms with van der Waals surface area (Å²) >= 11 is 1.32. The van der Waals surface area contributed by atoms with Gasteiger partial charge in [0, 0.05) is 12.6 Å². The Morgan fingerprint density at radius 1 is 1.47 bits per heavy atom. The molecule has 2 aromatic heterocycles. The third-order valence-electron chi connectivity index (χ3n) is 2.25. The number of carbonyl (C=O) groups is 1. The first kappa shape index (κ1) is 11.7. The molecule has 5 heteroatoms. The molecule has 0 radical (unpaired) electrons. The number of Topliss-reactive ketones (excluding diaryl/α,β-unsaturated/α-hetero) is 1. The van der Waals surface area contributed by atoms with Crippen LogP contribution in [0.1, 0.15) is 23.0 Å². The molecule has 0 bridgehead atoms. The van der Waals surface area contributed by atoms with Gasteiger partial charge in [0.05, 0.1) is 12.8 Å².